The largest absolute Gasteiger partial charge is 0.399 e. The molecule has 19 heavy (non-hydrogen) atoms. The Balaban J connectivity index is 2.46. The molecular formula is C14H21FN2O2. The van der Waals surface area contributed by atoms with Crippen LogP contribution in [0.25, 0.3) is 0 Å². The van der Waals surface area contributed by atoms with Crippen molar-refractivity contribution in [3.63, 3.8) is 0 Å². The highest BCUT2D eigenvalue weighted by atomic mass is 19.1. The Bertz CT molecular complexity index is 436. The SMILES string of the molecule is COCCCCCNC(=O)c1cc(N)cc(C)c1F. The van der Waals surface area contributed by atoms with Gasteiger partial charge in [0.05, 0.1) is 5.56 Å². The summed E-state index contributed by atoms with van der Waals surface area (Å²) in [5, 5.41) is 2.70. The average molecular weight is 268 g/mol. The molecule has 0 aliphatic rings. The Morgan fingerprint density at radius 1 is 1.37 bits per heavy atom. The molecule has 0 aliphatic carbocycles. The third kappa shape index (κ3) is 4.87. The molecule has 0 fully saturated rings. The summed E-state index contributed by atoms with van der Waals surface area (Å²) in [6, 6.07) is 2.87. The maximum absolute atomic E-state index is 13.8. The van der Waals surface area contributed by atoms with Crippen LogP contribution in [0.1, 0.15) is 35.2 Å². The summed E-state index contributed by atoms with van der Waals surface area (Å²) < 4.78 is 18.7. The summed E-state index contributed by atoms with van der Waals surface area (Å²) in [5.41, 5.74) is 6.40. The lowest BCUT2D eigenvalue weighted by Gasteiger charge is -2.08. The van der Waals surface area contributed by atoms with Crippen molar-refractivity contribution in [2.24, 2.45) is 0 Å². The second kappa shape index (κ2) is 7.74. The van der Waals surface area contributed by atoms with Gasteiger partial charge in [0.25, 0.3) is 5.91 Å². The van der Waals surface area contributed by atoms with Crippen LogP contribution in [0.2, 0.25) is 0 Å². The molecule has 0 saturated carbocycles. The minimum absolute atomic E-state index is 0.00870. The number of hydrogen-bond donors (Lipinski definition) is 2. The number of ether oxygens (including phenoxy) is 1. The molecule has 5 heteroatoms. The monoisotopic (exact) mass is 268 g/mol. The summed E-state index contributed by atoms with van der Waals surface area (Å²) in [7, 11) is 1.66. The lowest BCUT2D eigenvalue weighted by Crippen LogP contribution is -2.25. The first-order valence-electron chi connectivity index (χ1n) is 6.39. The standard InChI is InChI=1S/C14H21FN2O2/c1-10-8-11(16)9-12(13(10)15)14(18)17-6-4-3-5-7-19-2/h8-9H,3-7,16H2,1-2H3,(H,17,18). The summed E-state index contributed by atoms with van der Waals surface area (Å²) >= 11 is 0. The zero-order valence-corrected chi connectivity index (χ0v) is 11.5. The zero-order chi connectivity index (χ0) is 14.3. The van der Waals surface area contributed by atoms with Crippen LogP contribution in [0.3, 0.4) is 0 Å². The number of hydrogen-bond acceptors (Lipinski definition) is 3. The topological polar surface area (TPSA) is 64.3 Å². The van der Waals surface area contributed by atoms with Gasteiger partial charge in [-0.1, -0.05) is 0 Å². The summed E-state index contributed by atoms with van der Waals surface area (Å²) in [5.74, 6) is -0.925. The fourth-order valence-electron chi connectivity index (χ4n) is 1.81. The number of carbonyl (C=O) groups is 1. The van der Waals surface area contributed by atoms with E-state index in [1.807, 2.05) is 0 Å². The van der Waals surface area contributed by atoms with Crippen LogP contribution in [-0.4, -0.2) is 26.2 Å². The molecule has 0 unspecified atom stereocenters. The first-order chi connectivity index (χ1) is 9.06. The van der Waals surface area contributed by atoms with Crippen molar-refractivity contribution in [2.75, 3.05) is 26.0 Å². The fourth-order valence-corrected chi connectivity index (χ4v) is 1.81. The van der Waals surface area contributed by atoms with Crippen LogP contribution >= 0.6 is 0 Å². The molecule has 0 radical (unpaired) electrons. The van der Waals surface area contributed by atoms with Gasteiger partial charge in [0.2, 0.25) is 0 Å². The first kappa shape index (κ1) is 15.4. The lowest BCUT2D eigenvalue weighted by atomic mass is 10.1. The predicted molar refractivity (Wildman–Crippen MR) is 73.6 cm³/mol. The predicted octanol–water partition coefficient (Wildman–Crippen LogP) is 2.26. The van der Waals surface area contributed by atoms with Gasteiger partial charge in [-0.05, 0) is 43.9 Å². The molecule has 1 aromatic rings. The molecule has 1 aromatic carbocycles. The van der Waals surface area contributed by atoms with E-state index in [4.69, 9.17) is 10.5 Å². The second-order valence-electron chi connectivity index (χ2n) is 4.51. The van der Waals surface area contributed by atoms with Crippen molar-refractivity contribution in [1.29, 1.82) is 0 Å². The summed E-state index contributed by atoms with van der Waals surface area (Å²) in [4.78, 5) is 11.8. The van der Waals surface area contributed by atoms with E-state index in [1.54, 1.807) is 14.0 Å². The Morgan fingerprint density at radius 3 is 2.79 bits per heavy atom. The van der Waals surface area contributed by atoms with Crippen molar-refractivity contribution in [1.82, 2.24) is 5.32 Å². The number of benzene rings is 1. The third-order valence-electron chi connectivity index (χ3n) is 2.83. The molecule has 0 saturated heterocycles. The minimum atomic E-state index is -0.508. The molecule has 4 nitrogen and oxygen atoms in total. The highest BCUT2D eigenvalue weighted by Crippen LogP contribution is 2.16. The van der Waals surface area contributed by atoms with Gasteiger partial charge in [-0.25, -0.2) is 4.39 Å². The number of methoxy groups -OCH3 is 1. The number of aryl methyl sites for hydroxylation is 1. The highest BCUT2D eigenvalue weighted by molar-refractivity contribution is 5.95. The molecule has 0 atom stereocenters. The second-order valence-corrected chi connectivity index (χ2v) is 4.51. The number of carbonyl (C=O) groups excluding carboxylic acids is 1. The van der Waals surface area contributed by atoms with E-state index in [1.165, 1.54) is 12.1 Å². The number of anilines is 1. The number of halogens is 1. The van der Waals surface area contributed by atoms with Crippen LogP contribution in [0, 0.1) is 12.7 Å². The van der Waals surface area contributed by atoms with E-state index in [2.05, 4.69) is 5.32 Å². The number of unbranched alkanes of at least 4 members (excludes halogenated alkanes) is 2. The Labute approximate surface area is 113 Å². The van der Waals surface area contributed by atoms with Crippen molar-refractivity contribution >= 4 is 11.6 Å². The minimum Gasteiger partial charge on any atom is -0.399 e. The van der Waals surface area contributed by atoms with E-state index < -0.39 is 11.7 Å². The quantitative estimate of drug-likeness (QED) is 0.589. The van der Waals surface area contributed by atoms with Gasteiger partial charge in [0.1, 0.15) is 5.82 Å². The van der Waals surface area contributed by atoms with Gasteiger partial charge >= 0.3 is 0 Å². The zero-order valence-electron chi connectivity index (χ0n) is 11.5. The summed E-state index contributed by atoms with van der Waals surface area (Å²) in [6.07, 6.45) is 2.77. The smallest absolute Gasteiger partial charge is 0.254 e. The van der Waals surface area contributed by atoms with Gasteiger partial charge in [0.15, 0.2) is 0 Å². The van der Waals surface area contributed by atoms with Gasteiger partial charge in [0, 0.05) is 25.9 Å². The Hall–Kier alpha value is -1.62. The van der Waals surface area contributed by atoms with Crippen molar-refractivity contribution < 1.29 is 13.9 Å². The lowest BCUT2D eigenvalue weighted by molar-refractivity contribution is 0.0948. The first-order valence-corrected chi connectivity index (χ1v) is 6.39. The van der Waals surface area contributed by atoms with Crippen LogP contribution < -0.4 is 11.1 Å². The Kier molecular flexibility index (Phi) is 6.29. The van der Waals surface area contributed by atoms with Crippen molar-refractivity contribution in [3.8, 4) is 0 Å². The number of nitrogens with one attached hydrogen (secondary N) is 1. The highest BCUT2D eigenvalue weighted by Gasteiger charge is 2.13. The van der Waals surface area contributed by atoms with E-state index in [0.717, 1.165) is 25.9 Å². The number of nitrogen functional groups attached to an aromatic ring is 1. The molecule has 0 aromatic heterocycles. The van der Waals surface area contributed by atoms with Crippen LogP contribution in [0.15, 0.2) is 12.1 Å². The molecule has 0 bridgehead atoms. The molecule has 1 amide bonds. The molecule has 0 spiro atoms. The van der Waals surface area contributed by atoms with Gasteiger partial charge in [-0.3, -0.25) is 4.79 Å². The van der Waals surface area contributed by atoms with Crippen molar-refractivity contribution in [3.05, 3.63) is 29.1 Å². The molecule has 3 N–H and O–H groups in total. The van der Waals surface area contributed by atoms with E-state index >= 15 is 0 Å². The van der Waals surface area contributed by atoms with Gasteiger partial charge < -0.3 is 15.8 Å². The molecule has 106 valence electrons. The maximum Gasteiger partial charge on any atom is 0.254 e. The van der Waals surface area contributed by atoms with Gasteiger partial charge in [-0.2, -0.15) is 0 Å². The molecule has 1 rings (SSSR count). The normalized spacial score (nSPS) is 10.5. The van der Waals surface area contributed by atoms with E-state index in [0.29, 0.717) is 17.8 Å². The summed E-state index contributed by atoms with van der Waals surface area (Å²) in [6.45, 7) is 2.83. The number of rotatable bonds is 7. The molecular weight excluding hydrogens is 247 g/mol. The molecule has 0 heterocycles. The fraction of sp³-hybridized carbons (Fsp3) is 0.500. The van der Waals surface area contributed by atoms with Gasteiger partial charge in [-0.15, -0.1) is 0 Å². The average Bonchev–Trinajstić information content (AvgIpc) is 2.37. The Morgan fingerprint density at radius 2 is 2.11 bits per heavy atom. The van der Waals surface area contributed by atoms with Crippen molar-refractivity contribution in [2.45, 2.75) is 26.2 Å². The van der Waals surface area contributed by atoms with Crippen LogP contribution in [0.5, 0.6) is 0 Å². The van der Waals surface area contributed by atoms with E-state index in [-0.39, 0.29) is 5.56 Å². The maximum atomic E-state index is 13.8. The molecule has 0 aliphatic heterocycles. The van der Waals surface area contributed by atoms with E-state index in [9.17, 15) is 9.18 Å². The van der Waals surface area contributed by atoms with Crippen LogP contribution in [0.4, 0.5) is 10.1 Å². The number of amides is 1. The van der Waals surface area contributed by atoms with Crippen LogP contribution in [-0.2, 0) is 4.74 Å². The number of nitrogens with two attached hydrogens (primary N) is 1. The third-order valence-corrected chi connectivity index (χ3v) is 2.83.